The van der Waals surface area contributed by atoms with Crippen molar-refractivity contribution in [3.63, 3.8) is 0 Å². The molecule has 0 spiro atoms. The molecule has 0 aromatic heterocycles. The lowest BCUT2D eigenvalue weighted by atomic mass is 9.99. The molecule has 1 heterocycles. The summed E-state index contributed by atoms with van der Waals surface area (Å²) in [6.07, 6.45) is 1.64. The Hall–Kier alpha value is -2.35. The van der Waals surface area contributed by atoms with Crippen LogP contribution in [0.15, 0.2) is 30.4 Å². The first kappa shape index (κ1) is 20.0. The Morgan fingerprint density at radius 2 is 1.85 bits per heavy atom. The van der Waals surface area contributed by atoms with Gasteiger partial charge in [-0.3, -0.25) is 4.79 Å². The summed E-state index contributed by atoms with van der Waals surface area (Å²) < 4.78 is 5.19. The van der Waals surface area contributed by atoms with Gasteiger partial charge in [0.1, 0.15) is 23.2 Å². The average molecular weight is 383 g/mol. The molecule has 0 unspecified atom stereocenters. The Labute approximate surface area is 154 Å². The van der Waals surface area contributed by atoms with Gasteiger partial charge in [-0.05, 0) is 13.0 Å². The van der Waals surface area contributed by atoms with E-state index < -0.39 is 41.6 Å². The minimum Gasteiger partial charge on any atom is -0.507 e. The topological polar surface area (TPSA) is 124 Å². The van der Waals surface area contributed by atoms with Gasteiger partial charge in [0, 0.05) is 24.5 Å². The minimum atomic E-state index is -1.20. The second-order valence-corrected chi connectivity index (χ2v) is 6.36. The van der Waals surface area contributed by atoms with E-state index in [1.807, 2.05) is 0 Å². The molecule has 1 aromatic carbocycles. The van der Waals surface area contributed by atoms with E-state index in [0.717, 1.165) is 6.07 Å². The molecular formula is C18H19ClO7. The summed E-state index contributed by atoms with van der Waals surface area (Å²) in [5.74, 6) is -2.47. The Kier molecular flexibility index (Phi) is 6.42. The molecule has 0 bridgehead atoms. The second kappa shape index (κ2) is 8.35. The monoisotopic (exact) mass is 382 g/mol. The Bertz CT molecular complexity index is 769. The van der Waals surface area contributed by atoms with Crippen molar-refractivity contribution < 1.29 is 34.8 Å². The van der Waals surface area contributed by atoms with Crippen LogP contribution in [-0.4, -0.2) is 50.5 Å². The number of ketones is 1. The number of hydrogen-bond acceptors (Lipinski definition) is 7. The molecule has 4 N–H and O–H groups in total. The van der Waals surface area contributed by atoms with Crippen LogP contribution in [0.25, 0.3) is 0 Å². The van der Waals surface area contributed by atoms with E-state index in [4.69, 9.17) is 16.3 Å². The van der Waals surface area contributed by atoms with E-state index in [1.165, 1.54) is 31.2 Å². The first-order chi connectivity index (χ1) is 12.2. The first-order valence-corrected chi connectivity index (χ1v) is 8.26. The number of carbonyl (C=O) groups excluding carboxylic acids is 2. The van der Waals surface area contributed by atoms with Gasteiger partial charge in [0.15, 0.2) is 5.78 Å². The van der Waals surface area contributed by atoms with E-state index in [-0.39, 0.29) is 29.0 Å². The number of aliphatic hydroxyl groups is 2. The zero-order valence-electron chi connectivity index (χ0n) is 13.9. The summed E-state index contributed by atoms with van der Waals surface area (Å²) >= 11 is 6.01. The highest BCUT2D eigenvalue weighted by Crippen LogP contribution is 2.37. The highest BCUT2D eigenvalue weighted by atomic mass is 35.5. The van der Waals surface area contributed by atoms with E-state index in [1.54, 1.807) is 0 Å². The number of benzene rings is 1. The molecule has 0 saturated heterocycles. The molecule has 0 fully saturated rings. The number of ether oxygens (including phenoxy) is 1. The molecule has 1 aromatic rings. The maximum Gasteiger partial charge on any atom is 0.342 e. The van der Waals surface area contributed by atoms with Crippen LogP contribution in [0, 0.1) is 0 Å². The third kappa shape index (κ3) is 4.63. The summed E-state index contributed by atoms with van der Waals surface area (Å²) in [4.78, 5) is 24.6. The van der Waals surface area contributed by atoms with Crippen molar-refractivity contribution in [3.05, 3.63) is 46.5 Å². The van der Waals surface area contributed by atoms with Crippen LogP contribution < -0.4 is 0 Å². The number of aromatic hydroxyl groups is 2. The number of phenolic OH excluding ortho intramolecular Hbond substituents is 2. The van der Waals surface area contributed by atoms with Crippen LogP contribution in [0.4, 0.5) is 0 Å². The predicted molar refractivity (Wildman–Crippen MR) is 93.3 cm³/mol. The lowest BCUT2D eigenvalue weighted by molar-refractivity contribution is -0.114. The van der Waals surface area contributed by atoms with Gasteiger partial charge < -0.3 is 25.2 Å². The molecule has 8 heteroatoms. The van der Waals surface area contributed by atoms with Crippen molar-refractivity contribution >= 4 is 23.4 Å². The molecule has 0 amide bonds. The zero-order valence-corrected chi connectivity index (χ0v) is 14.7. The van der Waals surface area contributed by atoms with E-state index >= 15 is 0 Å². The van der Waals surface area contributed by atoms with Gasteiger partial charge in [-0.1, -0.05) is 29.8 Å². The van der Waals surface area contributed by atoms with Gasteiger partial charge >= 0.3 is 5.97 Å². The molecule has 26 heavy (non-hydrogen) atoms. The number of phenols is 2. The summed E-state index contributed by atoms with van der Waals surface area (Å²) in [5.41, 5.74) is -0.387. The third-order valence-corrected chi connectivity index (χ3v) is 4.28. The summed E-state index contributed by atoms with van der Waals surface area (Å²) in [6, 6.07) is 0.887. The highest BCUT2D eigenvalue weighted by molar-refractivity contribution is 6.33. The van der Waals surface area contributed by atoms with Gasteiger partial charge in [-0.25, -0.2) is 4.79 Å². The number of esters is 1. The van der Waals surface area contributed by atoms with Gasteiger partial charge in [0.25, 0.3) is 0 Å². The largest absolute Gasteiger partial charge is 0.507 e. The summed E-state index contributed by atoms with van der Waals surface area (Å²) in [5, 5.41) is 39.4. The van der Waals surface area contributed by atoms with Crippen LogP contribution in [0.2, 0.25) is 5.02 Å². The number of cyclic esters (lactones) is 1. The van der Waals surface area contributed by atoms with E-state index in [9.17, 15) is 30.0 Å². The van der Waals surface area contributed by atoms with Crippen molar-refractivity contribution in [1.82, 2.24) is 0 Å². The van der Waals surface area contributed by atoms with Crippen LogP contribution in [-0.2, 0) is 16.0 Å². The third-order valence-electron chi connectivity index (χ3n) is 3.85. The second-order valence-electron chi connectivity index (χ2n) is 5.98. The lowest BCUT2D eigenvalue weighted by Crippen LogP contribution is -2.30. The number of aliphatic hydroxyl groups excluding tert-OH is 2. The average Bonchev–Trinajstić information content (AvgIpc) is 2.54. The number of hydrogen-bond donors (Lipinski definition) is 4. The van der Waals surface area contributed by atoms with Gasteiger partial charge in [-0.2, -0.15) is 0 Å². The van der Waals surface area contributed by atoms with E-state index in [0.29, 0.717) is 0 Å². The highest BCUT2D eigenvalue weighted by Gasteiger charge is 2.27. The molecule has 1 aliphatic heterocycles. The molecule has 0 saturated carbocycles. The number of carbonyl (C=O) groups is 2. The normalized spacial score (nSPS) is 24.7. The maximum atomic E-state index is 12.5. The summed E-state index contributed by atoms with van der Waals surface area (Å²) in [7, 11) is 0. The van der Waals surface area contributed by atoms with Crippen LogP contribution >= 0.6 is 11.6 Å². The Morgan fingerprint density at radius 3 is 2.54 bits per heavy atom. The van der Waals surface area contributed by atoms with Crippen molar-refractivity contribution in [1.29, 1.82) is 0 Å². The minimum absolute atomic E-state index is 0.0538. The fraction of sp³-hybridized carbons (Fsp3) is 0.333. The number of halogens is 1. The van der Waals surface area contributed by atoms with Crippen molar-refractivity contribution in [2.75, 3.05) is 0 Å². The van der Waals surface area contributed by atoms with Crippen molar-refractivity contribution in [3.8, 4) is 11.5 Å². The molecule has 140 valence electrons. The van der Waals surface area contributed by atoms with Gasteiger partial charge in [-0.15, -0.1) is 0 Å². The quantitative estimate of drug-likeness (QED) is 0.503. The standard InChI is InChI=1S/C18H19ClO7/c1-9-6-13(22)12(21)5-3-2-4-10(20)7-11-16(18(25)26-9)14(23)8-15(24)17(11)19/h2-5,8-9,12-13,21-24H,6-7H2,1H3/t9-,12-,13+/m1/s1. The smallest absolute Gasteiger partial charge is 0.342 e. The Morgan fingerprint density at radius 1 is 1.15 bits per heavy atom. The van der Waals surface area contributed by atoms with Crippen molar-refractivity contribution in [2.45, 2.75) is 38.1 Å². The first-order valence-electron chi connectivity index (χ1n) is 7.88. The Balaban J connectivity index is 2.51. The SMILES string of the molecule is C[C@@H]1C[C@H](O)[C@H](O)C=CC=CC(=O)Cc2c(Cl)c(O)cc(O)c2C(=O)O1. The number of allylic oxidation sites excluding steroid dienone is 3. The summed E-state index contributed by atoms with van der Waals surface area (Å²) in [6.45, 7) is 1.51. The fourth-order valence-electron chi connectivity index (χ4n) is 2.55. The maximum absolute atomic E-state index is 12.5. The van der Waals surface area contributed by atoms with Gasteiger partial charge in [0.05, 0.1) is 17.2 Å². The molecule has 1 aliphatic rings. The molecular weight excluding hydrogens is 364 g/mol. The molecule has 0 radical (unpaired) electrons. The van der Waals surface area contributed by atoms with Crippen LogP contribution in [0.5, 0.6) is 11.5 Å². The fourth-order valence-corrected chi connectivity index (χ4v) is 2.77. The van der Waals surface area contributed by atoms with E-state index in [2.05, 4.69) is 0 Å². The van der Waals surface area contributed by atoms with Crippen LogP contribution in [0.1, 0.15) is 29.3 Å². The predicted octanol–water partition coefficient (Wildman–Crippen LogP) is 1.65. The van der Waals surface area contributed by atoms with Crippen LogP contribution in [0.3, 0.4) is 0 Å². The molecule has 2 rings (SSSR count). The van der Waals surface area contributed by atoms with Crippen molar-refractivity contribution in [2.24, 2.45) is 0 Å². The zero-order chi connectivity index (χ0) is 19.4. The number of fused-ring (bicyclic) bond motifs is 1. The number of rotatable bonds is 0. The van der Waals surface area contributed by atoms with Gasteiger partial charge in [0.2, 0.25) is 0 Å². The lowest BCUT2D eigenvalue weighted by Gasteiger charge is -2.21. The molecule has 7 nitrogen and oxygen atoms in total. The molecule has 0 aliphatic carbocycles. The molecule has 3 atom stereocenters.